The SMILES string of the molecule is CC(C)CNCc1cccc(N(C)c2ccccc2)n1. The number of pyridine rings is 1. The van der Waals surface area contributed by atoms with Gasteiger partial charge in [-0.15, -0.1) is 0 Å². The van der Waals surface area contributed by atoms with Gasteiger partial charge in [0.2, 0.25) is 0 Å². The fraction of sp³-hybridized carbons (Fsp3) is 0.353. The van der Waals surface area contributed by atoms with Crippen LogP contribution in [0.4, 0.5) is 11.5 Å². The summed E-state index contributed by atoms with van der Waals surface area (Å²) in [4.78, 5) is 6.81. The number of nitrogens with zero attached hydrogens (tertiary/aromatic N) is 2. The summed E-state index contributed by atoms with van der Waals surface area (Å²) in [5.74, 6) is 1.63. The minimum atomic E-state index is 0.658. The summed E-state index contributed by atoms with van der Waals surface area (Å²) in [5, 5.41) is 3.43. The smallest absolute Gasteiger partial charge is 0.133 e. The first kappa shape index (κ1) is 14.5. The quantitative estimate of drug-likeness (QED) is 0.868. The predicted octanol–water partition coefficient (Wildman–Crippen LogP) is 3.60. The van der Waals surface area contributed by atoms with Gasteiger partial charge in [-0.1, -0.05) is 38.1 Å². The third kappa shape index (κ3) is 4.07. The Hall–Kier alpha value is -1.87. The molecule has 1 aromatic heterocycles. The number of benzene rings is 1. The number of aromatic nitrogens is 1. The normalized spacial score (nSPS) is 10.8. The van der Waals surface area contributed by atoms with Crippen molar-refractivity contribution in [2.24, 2.45) is 5.92 Å². The van der Waals surface area contributed by atoms with Gasteiger partial charge in [0.05, 0.1) is 5.69 Å². The molecule has 0 atom stereocenters. The molecule has 0 aliphatic carbocycles. The Morgan fingerprint density at radius 1 is 1.05 bits per heavy atom. The second kappa shape index (κ2) is 7.06. The van der Waals surface area contributed by atoms with E-state index < -0.39 is 0 Å². The van der Waals surface area contributed by atoms with Crippen molar-refractivity contribution in [3.05, 3.63) is 54.2 Å². The van der Waals surface area contributed by atoms with Crippen LogP contribution >= 0.6 is 0 Å². The third-order valence-electron chi connectivity index (χ3n) is 3.14. The van der Waals surface area contributed by atoms with Gasteiger partial charge in [0.15, 0.2) is 0 Å². The zero-order chi connectivity index (χ0) is 14.4. The molecule has 0 bridgehead atoms. The Kier molecular flexibility index (Phi) is 5.13. The lowest BCUT2D eigenvalue weighted by Gasteiger charge is -2.19. The second-order valence-electron chi connectivity index (χ2n) is 5.41. The van der Waals surface area contributed by atoms with Gasteiger partial charge in [-0.3, -0.25) is 0 Å². The number of rotatable bonds is 6. The minimum Gasteiger partial charge on any atom is -0.329 e. The van der Waals surface area contributed by atoms with Crippen molar-refractivity contribution in [3.63, 3.8) is 0 Å². The third-order valence-corrected chi connectivity index (χ3v) is 3.14. The van der Waals surface area contributed by atoms with Crippen molar-refractivity contribution in [1.29, 1.82) is 0 Å². The van der Waals surface area contributed by atoms with Crippen molar-refractivity contribution >= 4 is 11.5 Å². The molecule has 0 unspecified atom stereocenters. The van der Waals surface area contributed by atoms with Gasteiger partial charge in [-0.25, -0.2) is 4.98 Å². The molecule has 0 fully saturated rings. The van der Waals surface area contributed by atoms with Crippen molar-refractivity contribution in [2.45, 2.75) is 20.4 Å². The largest absolute Gasteiger partial charge is 0.329 e. The van der Waals surface area contributed by atoms with Crippen LogP contribution in [0.25, 0.3) is 0 Å². The highest BCUT2D eigenvalue weighted by atomic mass is 15.2. The minimum absolute atomic E-state index is 0.658. The molecule has 1 aromatic carbocycles. The number of anilines is 2. The van der Waals surface area contributed by atoms with Gasteiger partial charge in [0.1, 0.15) is 5.82 Å². The van der Waals surface area contributed by atoms with Gasteiger partial charge in [0.25, 0.3) is 0 Å². The number of nitrogens with one attached hydrogen (secondary N) is 1. The first-order chi connectivity index (χ1) is 9.66. The standard InChI is InChI=1S/C17H23N3/c1-14(2)12-18-13-15-8-7-11-17(19-15)20(3)16-9-5-4-6-10-16/h4-11,14,18H,12-13H2,1-3H3. The molecular weight excluding hydrogens is 246 g/mol. The molecule has 106 valence electrons. The molecule has 0 aliphatic heterocycles. The van der Waals surface area contributed by atoms with E-state index >= 15 is 0 Å². The molecular formula is C17H23N3. The number of hydrogen-bond donors (Lipinski definition) is 1. The summed E-state index contributed by atoms with van der Waals surface area (Å²) < 4.78 is 0. The lowest BCUT2D eigenvalue weighted by atomic mass is 10.2. The maximum absolute atomic E-state index is 4.71. The number of para-hydroxylation sites is 1. The first-order valence-corrected chi connectivity index (χ1v) is 7.12. The Bertz CT molecular complexity index is 523. The van der Waals surface area contributed by atoms with E-state index in [1.165, 1.54) is 0 Å². The van der Waals surface area contributed by atoms with E-state index in [-0.39, 0.29) is 0 Å². The predicted molar refractivity (Wildman–Crippen MR) is 85.3 cm³/mol. The zero-order valence-electron chi connectivity index (χ0n) is 12.5. The summed E-state index contributed by atoms with van der Waals surface area (Å²) in [6.45, 7) is 6.25. The lowest BCUT2D eigenvalue weighted by molar-refractivity contribution is 0.548. The fourth-order valence-electron chi connectivity index (χ4n) is 2.02. The average molecular weight is 269 g/mol. The fourth-order valence-corrected chi connectivity index (χ4v) is 2.02. The topological polar surface area (TPSA) is 28.2 Å². The van der Waals surface area contributed by atoms with Gasteiger partial charge in [0, 0.05) is 19.3 Å². The molecule has 0 saturated heterocycles. The van der Waals surface area contributed by atoms with E-state index in [4.69, 9.17) is 4.98 Å². The molecule has 2 aromatic rings. The van der Waals surface area contributed by atoms with Crippen molar-refractivity contribution in [1.82, 2.24) is 10.3 Å². The van der Waals surface area contributed by atoms with E-state index in [2.05, 4.69) is 48.3 Å². The Labute approximate surface area is 121 Å². The maximum Gasteiger partial charge on any atom is 0.133 e. The second-order valence-corrected chi connectivity index (χ2v) is 5.41. The van der Waals surface area contributed by atoms with Gasteiger partial charge in [-0.05, 0) is 36.7 Å². The summed E-state index contributed by atoms with van der Waals surface area (Å²) in [7, 11) is 2.04. The van der Waals surface area contributed by atoms with Crippen LogP contribution < -0.4 is 10.2 Å². The van der Waals surface area contributed by atoms with Gasteiger partial charge >= 0.3 is 0 Å². The van der Waals surface area contributed by atoms with Crippen LogP contribution in [0.3, 0.4) is 0 Å². The monoisotopic (exact) mass is 269 g/mol. The van der Waals surface area contributed by atoms with E-state index in [9.17, 15) is 0 Å². The van der Waals surface area contributed by atoms with Crippen molar-refractivity contribution < 1.29 is 0 Å². The van der Waals surface area contributed by atoms with E-state index in [1.807, 2.05) is 31.3 Å². The van der Waals surface area contributed by atoms with Crippen LogP contribution in [0, 0.1) is 5.92 Å². The molecule has 1 N–H and O–H groups in total. The molecule has 0 radical (unpaired) electrons. The highest BCUT2D eigenvalue weighted by Gasteiger charge is 2.05. The number of hydrogen-bond acceptors (Lipinski definition) is 3. The summed E-state index contributed by atoms with van der Waals surface area (Å²) in [6.07, 6.45) is 0. The van der Waals surface area contributed by atoms with E-state index in [1.54, 1.807) is 0 Å². The molecule has 0 amide bonds. The summed E-state index contributed by atoms with van der Waals surface area (Å²) >= 11 is 0. The van der Waals surface area contributed by atoms with Crippen LogP contribution in [0.1, 0.15) is 19.5 Å². The zero-order valence-corrected chi connectivity index (χ0v) is 12.5. The molecule has 0 aliphatic rings. The van der Waals surface area contributed by atoms with Gasteiger partial charge in [-0.2, -0.15) is 0 Å². The van der Waals surface area contributed by atoms with Crippen LogP contribution in [0.5, 0.6) is 0 Å². The van der Waals surface area contributed by atoms with E-state index in [0.29, 0.717) is 5.92 Å². The van der Waals surface area contributed by atoms with Crippen molar-refractivity contribution in [3.8, 4) is 0 Å². The lowest BCUT2D eigenvalue weighted by Crippen LogP contribution is -2.20. The highest BCUT2D eigenvalue weighted by molar-refractivity contribution is 5.58. The first-order valence-electron chi connectivity index (χ1n) is 7.12. The Morgan fingerprint density at radius 2 is 1.80 bits per heavy atom. The van der Waals surface area contributed by atoms with Crippen LogP contribution in [-0.2, 0) is 6.54 Å². The van der Waals surface area contributed by atoms with Crippen LogP contribution in [0.15, 0.2) is 48.5 Å². The maximum atomic E-state index is 4.71. The van der Waals surface area contributed by atoms with Crippen LogP contribution in [-0.4, -0.2) is 18.6 Å². The van der Waals surface area contributed by atoms with E-state index in [0.717, 1.165) is 30.3 Å². The van der Waals surface area contributed by atoms with Crippen LogP contribution in [0.2, 0.25) is 0 Å². The Morgan fingerprint density at radius 3 is 2.50 bits per heavy atom. The summed E-state index contributed by atoms with van der Waals surface area (Å²) in [5.41, 5.74) is 2.22. The highest BCUT2D eigenvalue weighted by Crippen LogP contribution is 2.20. The molecule has 2 rings (SSSR count). The van der Waals surface area contributed by atoms with Gasteiger partial charge < -0.3 is 10.2 Å². The summed E-state index contributed by atoms with van der Waals surface area (Å²) in [6, 6.07) is 16.5. The molecule has 3 nitrogen and oxygen atoms in total. The molecule has 20 heavy (non-hydrogen) atoms. The molecule has 0 saturated carbocycles. The average Bonchev–Trinajstić information content (AvgIpc) is 2.47. The molecule has 1 heterocycles. The Balaban J connectivity index is 2.05. The van der Waals surface area contributed by atoms with Crippen molar-refractivity contribution in [2.75, 3.05) is 18.5 Å². The molecule has 0 spiro atoms. The molecule has 3 heteroatoms.